The van der Waals surface area contributed by atoms with Crippen LogP contribution in [0.25, 0.3) is 10.9 Å². The summed E-state index contributed by atoms with van der Waals surface area (Å²) < 4.78 is 0. The van der Waals surface area contributed by atoms with Crippen molar-refractivity contribution in [1.29, 1.82) is 0 Å². The summed E-state index contributed by atoms with van der Waals surface area (Å²) in [4.78, 5) is 19.6. The molecule has 0 atom stereocenters. The zero-order valence-corrected chi connectivity index (χ0v) is 11.5. The zero-order valence-electron chi connectivity index (χ0n) is 11.5. The normalized spacial score (nSPS) is 11.4. The van der Waals surface area contributed by atoms with Crippen LogP contribution in [-0.2, 0) is 4.79 Å². The van der Waals surface area contributed by atoms with E-state index in [-0.39, 0.29) is 5.71 Å². The van der Waals surface area contributed by atoms with E-state index in [9.17, 15) is 9.90 Å². The summed E-state index contributed by atoms with van der Waals surface area (Å²) in [6.45, 7) is 0. The van der Waals surface area contributed by atoms with Crippen LogP contribution in [0.15, 0.2) is 66.0 Å². The minimum atomic E-state index is -1.11. The molecule has 1 heterocycles. The highest BCUT2D eigenvalue weighted by atomic mass is 16.4. The molecule has 0 unspecified atom stereocenters. The Balaban J connectivity index is 1.98. The third-order valence-corrected chi connectivity index (χ3v) is 3.07. The molecule has 0 saturated carbocycles. The fraction of sp³-hybridized carbons (Fsp3) is 0. The van der Waals surface area contributed by atoms with E-state index in [1.807, 2.05) is 30.3 Å². The van der Waals surface area contributed by atoms with Gasteiger partial charge in [-0.2, -0.15) is 5.10 Å². The summed E-state index contributed by atoms with van der Waals surface area (Å²) in [6.07, 6.45) is 1.41. The standard InChI is InChI=1S/C16H12N4O2/c21-16(22)14(11-6-2-1-3-7-11)19-20-15-12-8-4-5-9-13(12)17-10-18-15/h1-10H,(H,21,22)(H,17,18,20)/b19-14+. The number of hydrazone groups is 1. The average Bonchev–Trinajstić information content (AvgIpc) is 2.56. The third kappa shape index (κ3) is 2.76. The molecule has 2 N–H and O–H groups in total. The first kappa shape index (κ1) is 13.7. The van der Waals surface area contributed by atoms with E-state index in [1.165, 1.54) is 6.33 Å². The lowest BCUT2D eigenvalue weighted by Crippen LogP contribution is -2.16. The van der Waals surface area contributed by atoms with Gasteiger partial charge in [0.2, 0.25) is 0 Å². The molecular formula is C16H12N4O2. The maximum absolute atomic E-state index is 11.4. The molecular weight excluding hydrogens is 280 g/mol. The number of hydrogen-bond donors (Lipinski definition) is 2. The van der Waals surface area contributed by atoms with Crippen molar-refractivity contribution in [2.75, 3.05) is 5.43 Å². The van der Waals surface area contributed by atoms with E-state index in [0.29, 0.717) is 11.4 Å². The number of carbonyl (C=O) groups is 1. The fourth-order valence-corrected chi connectivity index (χ4v) is 2.03. The number of fused-ring (bicyclic) bond motifs is 1. The lowest BCUT2D eigenvalue weighted by Gasteiger charge is -2.05. The van der Waals surface area contributed by atoms with Gasteiger partial charge in [-0.25, -0.2) is 14.8 Å². The van der Waals surface area contributed by atoms with Gasteiger partial charge in [0, 0.05) is 10.9 Å². The van der Waals surface area contributed by atoms with Crippen LogP contribution < -0.4 is 5.43 Å². The molecule has 6 nitrogen and oxygen atoms in total. The summed E-state index contributed by atoms with van der Waals surface area (Å²) >= 11 is 0. The number of para-hydroxylation sites is 1. The summed E-state index contributed by atoms with van der Waals surface area (Å²) in [5.41, 5.74) is 3.91. The number of nitrogens with one attached hydrogen (secondary N) is 1. The van der Waals surface area contributed by atoms with E-state index < -0.39 is 5.97 Å². The largest absolute Gasteiger partial charge is 0.476 e. The summed E-state index contributed by atoms with van der Waals surface area (Å²) in [5, 5.41) is 14.1. The third-order valence-electron chi connectivity index (χ3n) is 3.07. The Bertz CT molecular complexity index is 842. The first-order chi connectivity index (χ1) is 10.8. The molecule has 22 heavy (non-hydrogen) atoms. The van der Waals surface area contributed by atoms with E-state index in [1.54, 1.807) is 24.3 Å². The van der Waals surface area contributed by atoms with Crippen LogP contribution in [0.1, 0.15) is 5.56 Å². The highest BCUT2D eigenvalue weighted by molar-refractivity contribution is 6.42. The molecule has 0 bridgehead atoms. The number of benzene rings is 2. The molecule has 0 saturated heterocycles. The number of anilines is 1. The lowest BCUT2D eigenvalue weighted by atomic mass is 10.1. The second kappa shape index (κ2) is 6.01. The van der Waals surface area contributed by atoms with Crippen LogP contribution in [0.5, 0.6) is 0 Å². The van der Waals surface area contributed by atoms with Gasteiger partial charge in [-0.05, 0) is 12.1 Å². The SMILES string of the molecule is O=C(O)/C(=N/Nc1ncnc2ccccc12)c1ccccc1. The molecule has 3 rings (SSSR count). The van der Waals surface area contributed by atoms with E-state index in [2.05, 4.69) is 20.5 Å². The van der Waals surface area contributed by atoms with Gasteiger partial charge < -0.3 is 5.11 Å². The molecule has 0 aliphatic rings. The molecule has 0 aliphatic heterocycles. The Morgan fingerprint density at radius 2 is 1.73 bits per heavy atom. The van der Waals surface area contributed by atoms with Gasteiger partial charge in [-0.1, -0.05) is 42.5 Å². The number of aliphatic carboxylic acids is 1. The highest BCUT2D eigenvalue weighted by Gasteiger charge is 2.12. The van der Waals surface area contributed by atoms with Crippen molar-refractivity contribution in [3.05, 3.63) is 66.5 Å². The summed E-state index contributed by atoms with van der Waals surface area (Å²) in [7, 11) is 0. The van der Waals surface area contributed by atoms with Gasteiger partial charge in [0.15, 0.2) is 11.5 Å². The molecule has 108 valence electrons. The number of aromatic nitrogens is 2. The lowest BCUT2D eigenvalue weighted by molar-refractivity contribution is -0.129. The van der Waals surface area contributed by atoms with Crippen molar-refractivity contribution in [2.45, 2.75) is 0 Å². The first-order valence-corrected chi connectivity index (χ1v) is 6.58. The Labute approximate surface area is 126 Å². The number of carboxylic acids is 1. The van der Waals surface area contributed by atoms with Crippen molar-refractivity contribution in [1.82, 2.24) is 9.97 Å². The Kier molecular flexibility index (Phi) is 3.74. The predicted octanol–water partition coefficient (Wildman–Crippen LogP) is 2.53. The quantitative estimate of drug-likeness (QED) is 0.570. The summed E-state index contributed by atoms with van der Waals surface area (Å²) in [5.74, 6) is -0.655. The molecule has 6 heteroatoms. The van der Waals surface area contributed by atoms with E-state index in [4.69, 9.17) is 0 Å². The number of carboxylic acid groups (broad SMARTS) is 1. The van der Waals surface area contributed by atoms with Gasteiger partial charge in [-0.15, -0.1) is 0 Å². The van der Waals surface area contributed by atoms with Crippen molar-refractivity contribution < 1.29 is 9.90 Å². The minimum Gasteiger partial charge on any atom is -0.476 e. The predicted molar refractivity (Wildman–Crippen MR) is 83.8 cm³/mol. The van der Waals surface area contributed by atoms with Crippen LogP contribution in [0.4, 0.5) is 5.82 Å². The highest BCUT2D eigenvalue weighted by Crippen LogP contribution is 2.18. The number of nitrogens with zero attached hydrogens (tertiary/aromatic N) is 3. The van der Waals surface area contributed by atoms with Crippen molar-refractivity contribution in [2.24, 2.45) is 5.10 Å². The van der Waals surface area contributed by atoms with Crippen molar-refractivity contribution in [3.63, 3.8) is 0 Å². The van der Waals surface area contributed by atoms with E-state index in [0.717, 1.165) is 10.9 Å². The number of rotatable bonds is 4. The van der Waals surface area contributed by atoms with Crippen LogP contribution in [0, 0.1) is 0 Å². The second-order valence-corrected chi connectivity index (χ2v) is 4.48. The molecule has 2 aromatic carbocycles. The number of hydrogen-bond acceptors (Lipinski definition) is 5. The van der Waals surface area contributed by atoms with Crippen LogP contribution in [0.3, 0.4) is 0 Å². The fourth-order valence-electron chi connectivity index (χ4n) is 2.03. The zero-order chi connectivity index (χ0) is 15.4. The van der Waals surface area contributed by atoms with Crippen LogP contribution >= 0.6 is 0 Å². The topological polar surface area (TPSA) is 87.5 Å². The maximum atomic E-state index is 11.4. The van der Waals surface area contributed by atoms with Crippen LogP contribution in [0.2, 0.25) is 0 Å². The molecule has 1 aromatic heterocycles. The van der Waals surface area contributed by atoms with Gasteiger partial charge in [0.25, 0.3) is 0 Å². The van der Waals surface area contributed by atoms with Gasteiger partial charge in [-0.3, -0.25) is 5.43 Å². The molecule has 0 spiro atoms. The molecule has 0 radical (unpaired) electrons. The van der Waals surface area contributed by atoms with Crippen molar-refractivity contribution in [3.8, 4) is 0 Å². The maximum Gasteiger partial charge on any atom is 0.356 e. The Morgan fingerprint density at radius 3 is 2.50 bits per heavy atom. The molecule has 0 amide bonds. The Hall–Kier alpha value is -3.28. The molecule has 0 fully saturated rings. The smallest absolute Gasteiger partial charge is 0.356 e. The first-order valence-electron chi connectivity index (χ1n) is 6.58. The van der Waals surface area contributed by atoms with Gasteiger partial charge in [0.05, 0.1) is 5.52 Å². The van der Waals surface area contributed by atoms with Crippen molar-refractivity contribution >= 4 is 28.4 Å². The monoisotopic (exact) mass is 292 g/mol. The summed E-state index contributed by atoms with van der Waals surface area (Å²) in [6, 6.07) is 16.1. The minimum absolute atomic E-state index is 0.0803. The van der Waals surface area contributed by atoms with Crippen LogP contribution in [-0.4, -0.2) is 26.8 Å². The second-order valence-electron chi connectivity index (χ2n) is 4.48. The molecule has 3 aromatic rings. The van der Waals surface area contributed by atoms with Gasteiger partial charge >= 0.3 is 5.97 Å². The van der Waals surface area contributed by atoms with Gasteiger partial charge in [0.1, 0.15) is 6.33 Å². The Morgan fingerprint density at radius 1 is 1.00 bits per heavy atom. The molecule has 0 aliphatic carbocycles. The van der Waals surface area contributed by atoms with E-state index >= 15 is 0 Å². The average molecular weight is 292 g/mol.